The zero-order valence-corrected chi connectivity index (χ0v) is 11.9. The van der Waals surface area contributed by atoms with Crippen LogP contribution in [0.15, 0.2) is 24.3 Å². The molecular formula is C16H24N2O2. The smallest absolute Gasteiger partial charge is 0.220 e. The lowest BCUT2D eigenvalue weighted by molar-refractivity contribution is -0.120. The average molecular weight is 276 g/mol. The summed E-state index contributed by atoms with van der Waals surface area (Å²) in [6.07, 6.45) is 6.46. The highest BCUT2D eigenvalue weighted by Gasteiger charge is 2.16. The number of amides is 1. The van der Waals surface area contributed by atoms with Gasteiger partial charge in [0.25, 0.3) is 0 Å². The van der Waals surface area contributed by atoms with Crippen LogP contribution in [0.25, 0.3) is 0 Å². The van der Waals surface area contributed by atoms with Crippen LogP contribution < -0.4 is 15.8 Å². The van der Waals surface area contributed by atoms with Crippen molar-refractivity contribution in [3.8, 4) is 5.75 Å². The molecule has 3 N–H and O–H groups in total. The van der Waals surface area contributed by atoms with E-state index in [-0.39, 0.29) is 5.91 Å². The Morgan fingerprint density at radius 1 is 1.35 bits per heavy atom. The second-order valence-electron chi connectivity index (χ2n) is 5.31. The van der Waals surface area contributed by atoms with Crippen molar-refractivity contribution >= 4 is 5.91 Å². The highest BCUT2D eigenvalue weighted by atomic mass is 16.5. The van der Waals surface area contributed by atoms with E-state index < -0.39 is 0 Å². The molecule has 110 valence electrons. The Bertz CT molecular complexity index is 428. The Kier molecular flexibility index (Phi) is 5.87. The van der Waals surface area contributed by atoms with Crippen LogP contribution >= 0.6 is 0 Å². The number of carbonyl (C=O) groups excluding carboxylic acids is 1. The Hall–Kier alpha value is -1.55. The van der Waals surface area contributed by atoms with E-state index in [0.29, 0.717) is 25.6 Å². The molecule has 2 rings (SSSR count). The standard InChI is InChI=1S/C16H24N2O2/c17-10-11-18-16(19)9-8-13-4-3-7-15(12-13)20-14-5-1-2-6-14/h3-4,7,12,14H,1-2,5-6,8-11,17H2,(H,18,19). The molecule has 0 unspecified atom stereocenters. The van der Waals surface area contributed by atoms with E-state index in [4.69, 9.17) is 10.5 Å². The minimum absolute atomic E-state index is 0.0533. The summed E-state index contributed by atoms with van der Waals surface area (Å²) in [5.41, 5.74) is 6.49. The molecule has 0 radical (unpaired) electrons. The number of nitrogens with one attached hydrogen (secondary N) is 1. The fourth-order valence-electron chi connectivity index (χ4n) is 2.53. The van der Waals surface area contributed by atoms with Gasteiger partial charge >= 0.3 is 0 Å². The van der Waals surface area contributed by atoms with Gasteiger partial charge < -0.3 is 15.8 Å². The van der Waals surface area contributed by atoms with Gasteiger partial charge in [0, 0.05) is 19.5 Å². The maximum atomic E-state index is 11.5. The lowest BCUT2D eigenvalue weighted by Crippen LogP contribution is -2.29. The number of benzene rings is 1. The highest BCUT2D eigenvalue weighted by Crippen LogP contribution is 2.24. The summed E-state index contributed by atoms with van der Waals surface area (Å²) in [4.78, 5) is 11.5. The minimum atomic E-state index is 0.0533. The summed E-state index contributed by atoms with van der Waals surface area (Å²) in [5.74, 6) is 0.981. The first-order valence-corrected chi connectivity index (χ1v) is 7.50. The van der Waals surface area contributed by atoms with E-state index in [1.165, 1.54) is 12.8 Å². The number of hydrogen-bond acceptors (Lipinski definition) is 3. The summed E-state index contributed by atoms with van der Waals surface area (Å²) in [6, 6.07) is 8.08. The van der Waals surface area contributed by atoms with E-state index in [1.54, 1.807) is 0 Å². The van der Waals surface area contributed by atoms with Crippen molar-refractivity contribution in [1.82, 2.24) is 5.32 Å². The number of ether oxygens (including phenoxy) is 1. The van der Waals surface area contributed by atoms with Gasteiger partial charge in [-0.1, -0.05) is 12.1 Å². The molecule has 0 saturated heterocycles. The van der Waals surface area contributed by atoms with Crippen LogP contribution in [0, 0.1) is 0 Å². The minimum Gasteiger partial charge on any atom is -0.490 e. The third-order valence-electron chi connectivity index (χ3n) is 3.61. The van der Waals surface area contributed by atoms with Gasteiger partial charge in [0.05, 0.1) is 6.10 Å². The summed E-state index contributed by atoms with van der Waals surface area (Å²) in [6.45, 7) is 1.03. The molecule has 0 bridgehead atoms. The van der Waals surface area contributed by atoms with Gasteiger partial charge in [-0.15, -0.1) is 0 Å². The summed E-state index contributed by atoms with van der Waals surface area (Å²) in [7, 11) is 0. The van der Waals surface area contributed by atoms with Gasteiger partial charge in [0.1, 0.15) is 5.75 Å². The fourth-order valence-corrected chi connectivity index (χ4v) is 2.53. The molecule has 0 atom stereocenters. The van der Waals surface area contributed by atoms with E-state index >= 15 is 0 Å². The number of hydrogen-bond donors (Lipinski definition) is 2. The molecular weight excluding hydrogens is 252 g/mol. The molecule has 4 heteroatoms. The van der Waals surface area contributed by atoms with Crippen LogP contribution in [-0.2, 0) is 11.2 Å². The lowest BCUT2D eigenvalue weighted by Gasteiger charge is -2.13. The van der Waals surface area contributed by atoms with Gasteiger partial charge in [-0.2, -0.15) is 0 Å². The van der Waals surface area contributed by atoms with Gasteiger partial charge in [0.15, 0.2) is 0 Å². The predicted molar refractivity (Wildman–Crippen MR) is 79.7 cm³/mol. The number of aryl methyl sites for hydroxylation is 1. The van der Waals surface area contributed by atoms with Gasteiger partial charge in [-0.05, 0) is 49.8 Å². The lowest BCUT2D eigenvalue weighted by atomic mass is 10.1. The molecule has 1 saturated carbocycles. The van der Waals surface area contributed by atoms with Crippen LogP contribution in [0.1, 0.15) is 37.7 Å². The molecule has 1 amide bonds. The molecule has 0 heterocycles. The number of rotatable bonds is 7. The van der Waals surface area contributed by atoms with Gasteiger partial charge in [0.2, 0.25) is 5.91 Å². The summed E-state index contributed by atoms with van der Waals surface area (Å²) >= 11 is 0. The van der Waals surface area contributed by atoms with Crippen molar-refractivity contribution in [1.29, 1.82) is 0 Å². The maximum Gasteiger partial charge on any atom is 0.220 e. The topological polar surface area (TPSA) is 64.3 Å². The van der Waals surface area contributed by atoms with Crippen LogP contribution in [0.2, 0.25) is 0 Å². The third-order valence-corrected chi connectivity index (χ3v) is 3.61. The van der Waals surface area contributed by atoms with Crippen molar-refractivity contribution in [2.75, 3.05) is 13.1 Å². The zero-order chi connectivity index (χ0) is 14.2. The quantitative estimate of drug-likeness (QED) is 0.800. The van der Waals surface area contributed by atoms with Gasteiger partial charge in [-0.25, -0.2) is 0 Å². The number of nitrogens with two attached hydrogens (primary N) is 1. The summed E-state index contributed by atoms with van der Waals surface area (Å²) < 4.78 is 5.97. The molecule has 1 fully saturated rings. The van der Waals surface area contributed by atoms with Crippen LogP contribution in [0.5, 0.6) is 5.75 Å². The molecule has 1 aliphatic carbocycles. The first kappa shape index (κ1) is 14.9. The van der Waals surface area contributed by atoms with E-state index in [2.05, 4.69) is 11.4 Å². The first-order valence-electron chi connectivity index (χ1n) is 7.50. The van der Waals surface area contributed by atoms with Gasteiger partial charge in [-0.3, -0.25) is 4.79 Å². The second kappa shape index (κ2) is 7.90. The normalized spacial score (nSPS) is 15.2. The van der Waals surface area contributed by atoms with E-state index in [0.717, 1.165) is 30.6 Å². The average Bonchev–Trinajstić information content (AvgIpc) is 2.96. The van der Waals surface area contributed by atoms with Crippen molar-refractivity contribution in [3.05, 3.63) is 29.8 Å². The van der Waals surface area contributed by atoms with Crippen LogP contribution in [0.3, 0.4) is 0 Å². The van der Waals surface area contributed by atoms with E-state index in [9.17, 15) is 4.79 Å². The van der Waals surface area contributed by atoms with Crippen LogP contribution in [-0.4, -0.2) is 25.1 Å². The Labute approximate surface area is 120 Å². The maximum absolute atomic E-state index is 11.5. The monoisotopic (exact) mass is 276 g/mol. The molecule has 0 aromatic heterocycles. The Balaban J connectivity index is 1.81. The van der Waals surface area contributed by atoms with Crippen molar-refractivity contribution < 1.29 is 9.53 Å². The molecule has 0 spiro atoms. The van der Waals surface area contributed by atoms with Crippen molar-refractivity contribution in [2.45, 2.75) is 44.6 Å². The largest absolute Gasteiger partial charge is 0.490 e. The van der Waals surface area contributed by atoms with Crippen LogP contribution in [0.4, 0.5) is 0 Å². The zero-order valence-electron chi connectivity index (χ0n) is 11.9. The van der Waals surface area contributed by atoms with E-state index in [1.807, 2.05) is 18.2 Å². The molecule has 0 aliphatic heterocycles. The molecule has 1 aromatic carbocycles. The predicted octanol–water partition coefficient (Wildman–Crippen LogP) is 2.02. The van der Waals surface area contributed by atoms with Crippen molar-refractivity contribution in [2.24, 2.45) is 5.73 Å². The second-order valence-corrected chi connectivity index (χ2v) is 5.31. The molecule has 4 nitrogen and oxygen atoms in total. The highest BCUT2D eigenvalue weighted by molar-refractivity contribution is 5.76. The Morgan fingerprint density at radius 3 is 2.90 bits per heavy atom. The Morgan fingerprint density at radius 2 is 2.15 bits per heavy atom. The third kappa shape index (κ3) is 4.85. The summed E-state index contributed by atoms with van der Waals surface area (Å²) in [5, 5.41) is 2.78. The fraction of sp³-hybridized carbons (Fsp3) is 0.562. The number of carbonyl (C=O) groups is 1. The first-order chi connectivity index (χ1) is 9.78. The molecule has 20 heavy (non-hydrogen) atoms. The molecule has 1 aromatic rings. The SMILES string of the molecule is NCCNC(=O)CCc1cccc(OC2CCCC2)c1. The molecule has 1 aliphatic rings. The van der Waals surface area contributed by atoms with Crippen molar-refractivity contribution in [3.63, 3.8) is 0 Å².